The minimum atomic E-state index is 0.0127. The minimum absolute atomic E-state index is 0.0127. The third-order valence-corrected chi connectivity index (χ3v) is 3.65. The quantitative estimate of drug-likeness (QED) is 0.548. The number of nitrogens with two attached hydrogens (primary N) is 1. The predicted octanol–water partition coefficient (Wildman–Crippen LogP) is 2.54. The summed E-state index contributed by atoms with van der Waals surface area (Å²) < 4.78 is 10.4. The Morgan fingerprint density at radius 1 is 1.08 bits per heavy atom. The van der Waals surface area contributed by atoms with Crippen molar-refractivity contribution in [3.05, 3.63) is 59.7 Å². The van der Waals surface area contributed by atoms with Gasteiger partial charge in [-0.25, -0.2) is 0 Å². The van der Waals surface area contributed by atoms with Crippen molar-refractivity contribution in [2.45, 2.75) is 19.4 Å². The molecule has 2 aromatic carbocycles. The largest absolute Gasteiger partial charge is 0.491 e. The zero-order chi connectivity index (χ0) is 17.2. The molecule has 5 nitrogen and oxygen atoms in total. The van der Waals surface area contributed by atoms with Gasteiger partial charge < -0.3 is 20.5 Å². The van der Waals surface area contributed by atoms with Gasteiger partial charge in [-0.05, 0) is 35.7 Å². The van der Waals surface area contributed by atoms with Gasteiger partial charge in [0.25, 0.3) is 0 Å². The summed E-state index contributed by atoms with van der Waals surface area (Å²) >= 11 is 0. The molecule has 2 rings (SSSR count). The summed E-state index contributed by atoms with van der Waals surface area (Å²) in [6.45, 7) is 1.58. The lowest BCUT2D eigenvalue weighted by Crippen LogP contribution is -2.23. The molecule has 0 heterocycles. The highest BCUT2D eigenvalue weighted by molar-refractivity contribution is 5.76. The number of amides is 1. The number of nitrogens with one attached hydrogen (secondary N) is 1. The number of benzene rings is 2. The van der Waals surface area contributed by atoms with Gasteiger partial charge in [0, 0.05) is 25.8 Å². The summed E-state index contributed by atoms with van der Waals surface area (Å²) in [7, 11) is 1.64. The number of rotatable bonds is 9. The van der Waals surface area contributed by atoms with Gasteiger partial charge in [0.1, 0.15) is 12.4 Å². The Balaban J connectivity index is 1.72. The van der Waals surface area contributed by atoms with Crippen LogP contribution in [0.4, 0.5) is 5.69 Å². The zero-order valence-corrected chi connectivity index (χ0v) is 14.0. The third-order valence-electron chi connectivity index (χ3n) is 3.65. The minimum Gasteiger partial charge on any atom is -0.491 e. The van der Waals surface area contributed by atoms with Crippen LogP contribution in [0.15, 0.2) is 48.5 Å². The molecule has 0 aliphatic heterocycles. The molecular weight excluding hydrogens is 304 g/mol. The second kappa shape index (κ2) is 9.57. The van der Waals surface area contributed by atoms with Crippen LogP contribution in [0.1, 0.15) is 17.5 Å². The monoisotopic (exact) mass is 328 g/mol. The summed E-state index contributed by atoms with van der Waals surface area (Å²) in [6, 6.07) is 15.3. The standard InChI is InChI=1S/C19H24N2O3/c1-23-12-13-24-17-9-6-15(7-10-17)14-21-19(22)11-8-16-4-2-3-5-18(16)20/h2-7,9-10H,8,11-14,20H2,1H3,(H,21,22). The molecular formula is C19H24N2O3. The zero-order valence-electron chi connectivity index (χ0n) is 14.0. The topological polar surface area (TPSA) is 73.6 Å². The number of nitrogen functional groups attached to an aromatic ring is 1. The Bertz CT molecular complexity index is 641. The molecule has 0 atom stereocenters. The van der Waals surface area contributed by atoms with Gasteiger partial charge in [0.15, 0.2) is 0 Å². The number of hydrogen-bond donors (Lipinski definition) is 2. The molecule has 0 fully saturated rings. The Morgan fingerprint density at radius 2 is 1.83 bits per heavy atom. The summed E-state index contributed by atoms with van der Waals surface area (Å²) in [5, 5.41) is 2.92. The average Bonchev–Trinajstić information content (AvgIpc) is 2.60. The number of methoxy groups -OCH3 is 1. The number of carbonyl (C=O) groups is 1. The fourth-order valence-electron chi connectivity index (χ4n) is 2.25. The van der Waals surface area contributed by atoms with Crippen molar-refractivity contribution in [2.75, 3.05) is 26.1 Å². The van der Waals surface area contributed by atoms with E-state index in [1.54, 1.807) is 7.11 Å². The molecule has 0 saturated heterocycles. The summed E-state index contributed by atoms with van der Waals surface area (Å²) in [5.41, 5.74) is 8.64. The highest BCUT2D eigenvalue weighted by Gasteiger charge is 2.04. The predicted molar refractivity (Wildman–Crippen MR) is 94.8 cm³/mol. The maximum absolute atomic E-state index is 12.0. The van der Waals surface area contributed by atoms with E-state index in [1.165, 1.54) is 0 Å². The first-order valence-electron chi connectivity index (χ1n) is 8.00. The maximum atomic E-state index is 12.0. The molecule has 0 radical (unpaired) electrons. The van der Waals surface area contributed by atoms with Crippen molar-refractivity contribution >= 4 is 11.6 Å². The van der Waals surface area contributed by atoms with Crippen LogP contribution in [-0.4, -0.2) is 26.2 Å². The molecule has 0 bridgehead atoms. The van der Waals surface area contributed by atoms with E-state index in [0.717, 1.165) is 22.6 Å². The van der Waals surface area contributed by atoms with Crippen LogP contribution in [0.3, 0.4) is 0 Å². The number of aryl methyl sites for hydroxylation is 1. The number of hydrogen-bond acceptors (Lipinski definition) is 4. The normalized spacial score (nSPS) is 10.4. The molecule has 0 spiro atoms. The van der Waals surface area contributed by atoms with Crippen molar-refractivity contribution in [2.24, 2.45) is 0 Å². The van der Waals surface area contributed by atoms with E-state index < -0.39 is 0 Å². The molecule has 128 valence electrons. The smallest absolute Gasteiger partial charge is 0.220 e. The molecule has 3 N–H and O–H groups in total. The fraction of sp³-hybridized carbons (Fsp3) is 0.316. The fourth-order valence-corrected chi connectivity index (χ4v) is 2.25. The van der Waals surface area contributed by atoms with Gasteiger partial charge in [-0.3, -0.25) is 4.79 Å². The van der Waals surface area contributed by atoms with Crippen LogP contribution in [0, 0.1) is 0 Å². The molecule has 1 amide bonds. The van der Waals surface area contributed by atoms with Gasteiger partial charge in [-0.2, -0.15) is 0 Å². The van der Waals surface area contributed by atoms with Gasteiger partial charge in [0.2, 0.25) is 5.91 Å². The second-order valence-electron chi connectivity index (χ2n) is 5.46. The number of anilines is 1. The lowest BCUT2D eigenvalue weighted by molar-refractivity contribution is -0.121. The Kier molecular flexibility index (Phi) is 7.11. The summed E-state index contributed by atoms with van der Waals surface area (Å²) in [5.74, 6) is 0.806. The summed E-state index contributed by atoms with van der Waals surface area (Å²) in [6.07, 6.45) is 1.07. The number of para-hydroxylation sites is 1. The highest BCUT2D eigenvalue weighted by atomic mass is 16.5. The summed E-state index contributed by atoms with van der Waals surface area (Å²) in [4.78, 5) is 12.0. The van der Waals surface area contributed by atoms with Gasteiger partial charge in [0.05, 0.1) is 6.61 Å². The van der Waals surface area contributed by atoms with Crippen LogP contribution in [0.2, 0.25) is 0 Å². The van der Waals surface area contributed by atoms with Crippen LogP contribution >= 0.6 is 0 Å². The van der Waals surface area contributed by atoms with Gasteiger partial charge in [-0.1, -0.05) is 30.3 Å². The molecule has 24 heavy (non-hydrogen) atoms. The van der Waals surface area contributed by atoms with Crippen LogP contribution in [0.25, 0.3) is 0 Å². The molecule has 0 aliphatic rings. The molecule has 5 heteroatoms. The lowest BCUT2D eigenvalue weighted by Gasteiger charge is -2.08. The number of ether oxygens (including phenoxy) is 2. The first-order valence-corrected chi connectivity index (χ1v) is 8.00. The van der Waals surface area contributed by atoms with Gasteiger partial charge >= 0.3 is 0 Å². The van der Waals surface area contributed by atoms with Crippen LogP contribution in [0.5, 0.6) is 5.75 Å². The average molecular weight is 328 g/mol. The van der Waals surface area contributed by atoms with Crippen molar-refractivity contribution in [1.29, 1.82) is 0 Å². The first kappa shape index (κ1) is 17.8. The van der Waals surface area contributed by atoms with E-state index in [1.807, 2.05) is 48.5 Å². The molecule has 2 aromatic rings. The Labute approximate surface area is 142 Å². The van der Waals surface area contributed by atoms with Gasteiger partial charge in [-0.15, -0.1) is 0 Å². The Morgan fingerprint density at radius 3 is 2.54 bits per heavy atom. The maximum Gasteiger partial charge on any atom is 0.220 e. The van der Waals surface area contributed by atoms with E-state index >= 15 is 0 Å². The van der Waals surface area contributed by atoms with E-state index in [9.17, 15) is 4.79 Å². The SMILES string of the molecule is COCCOc1ccc(CNC(=O)CCc2ccccc2N)cc1. The van der Waals surface area contributed by atoms with Crippen molar-refractivity contribution < 1.29 is 14.3 Å². The van der Waals surface area contributed by atoms with Crippen LogP contribution in [-0.2, 0) is 22.5 Å². The highest BCUT2D eigenvalue weighted by Crippen LogP contribution is 2.13. The molecule has 0 aromatic heterocycles. The van der Waals surface area contributed by atoms with Crippen molar-refractivity contribution in [3.8, 4) is 5.75 Å². The van der Waals surface area contributed by atoms with Crippen molar-refractivity contribution in [3.63, 3.8) is 0 Å². The van der Waals surface area contributed by atoms with E-state index in [-0.39, 0.29) is 5.91 Å². The van der Waals surface area contributed by atoms with Crippen molar-refractivity contribution in [1.82, 2.24) is 5.32 Å². The van der Waals surface area contributed by atoms with E-state index in [2.05, 4.69) is 5.32 Å². The molecule has 0 saturated carbocycles. The molecule has 0 unspecified atom stereocenters. The second-order valence-corrected chi connectivity index (χ2v) is 5.46. The third kappa shape index (κ3) is 5.93. The van der Waals surface area contributed by atoms with Crippen LogP contribution < -0.4 is 15.8 Å². The lowest BCUT2D eigenvalue weighted by atomic mass is 10.1. The number of carbonyl (C=O) groups excluding carboxylic acids is 1. The van der Waals surface area contributed by atoms with E-state index in [0.29, 0.717) is 32.6 Å². The van der Waals surface area contributed by atoms with E-state index in [4.69, 9.17) is 15.2 Å². The first-order chi connectivity index (χ1) is 11.7. The molecule has 0 aliphatic carbocycles. The Hall–Kier alpha value is -2.53.